The van der Waals surface area contributed by atoms with Crippen molar-refractivity contribution >= 4 is 6.03 Å². The Balaban J connectivity index is 2.25. The van der Waals surface area contributed by atoms with E-state index in [1.54, 1.807) is 4.90 Å². The zero-order valence-corrected chi connectivity index (χ0v) is 9.12. The summed E-state index contributed by atoms with van der Waals surface area (Å²) in [5.74, 6) is 0. The zero-order chi connectivity index (χ0) is 10.6. The Morgan fingerprint density at radius 2 is 2.14 bits per heavy atom. The zero-order valence-electron chi connectivity index (χ0n) is 9.12. The molecule has 1 aliphatic rings. The van der Waals surface area contributed by atoms with Gasteiger partial charge in [-0.3, -0.25) is 0 Å². The highest BCUT2D eigenvalue weighted by molar-refractivity contribution is 5.72. The first-order valence-corrected chi connectivity index (χ1v) is 5.44. The first kappa shape index (κ1) is 11.3. The highest BCUT2D eigenvalue weighted by Gasteiger charge is 2.21. The third-order valence-electron chi connectivity index (χ3n) is 2.94. The fourth-order valence-electron chi connectivity index (χ4n) is 1.79. The fraction of sp³-hybridized carbons (Fsp3) is 0.900. The molecule has 1 rings (SSSR count). The molecular formula is C10H21N3O. The maximum atomic E-state index is 10.9. The van der Waals surface area contributed by atoms with Crippen molar-refractivity contribution in [2.75, 3.05) is 13.1 Å². The van der Waals surface area contributed by atoms with E-state index < -0.39 is 0 Å². The van der Waals surface area contributed by atoms with Crippen molar-refractivity contribution in [1.29, 1.82) is 0 Å². The highest BCUT2D eigenvalue weighted by atomic mass is 16.2. The maximum Gasteiger partial charge on any atom is 0.314 e. The second-order valence-electron chi connectivity index (χ2n) is 4.08. The number of nitrogens with two attached hydrogens (primary N) is 1. The first-order chi connectivity index (χ1) is 6.63. The predicted octanol–water partition coefficient (Wildman–Crippen LogP) is 0.918. The quantitative estimate of drug-likeness (QED) is 0.710. The van der Waals surface area contributed by atoms with Crippen LogP contribution in [0.5, 0.6) is 0 Å². The van der Waals surface area contributed by atoms with Crippen molar-refractivity contribution in [3.63, 3.8) is 0 Å². The molecule has 4 nitrogen and oxygen atoms in total. The SMILES string of the molecule is CCC(C)NC1CCN(C(N)=O)CC1. The number of nitrogens with zero attached hydrogens (tertiary/aromatic N) is 1. The summed E-state index contributed by atoms with van der Waals surface area (Å²) < 4.78 is 0. The number of amides is 2. The van der Waals surface area contributed by atoms with E-state index in [0.29, 0.717) is 12.1 Å². The number of hydrogen-bond acceptors (Lipinski definition) is 2. The minimum Gasteiger partial charge on any atom is -0.351 e. The van der Waals surface area contributed by atoms with Gasteiger partial charge >= 0.3 is 6.03 Å². The van der Waals surface area contributed by atoms with Crippen molar-refractivity contribution < 1.29 is 4.79 Å². The number of hydrogen-bond donors (Lipinski definition) is 2. The van der Waals surface area contributed by atoms with Crippen LogP contribution in [0.4, 0.5) is 4.79 Å². The molecule has 3 N–H and O–H groups in total. The normalized spacial score (nSPS) is 20.9. The van der Waals surface area contributed by atoms with E-state index in [2.05, 4.69) is 19.2 Å². The van der Waals surface area contributed by atoms with E-state index in [1.165, 1.54) is 0 Å². The monoisotopic (exact) mass is 199 g/mol. The van der Waals surface area contributed by atoms with Gasteiger partial charge in [0.2, 0.25) is 0 Å². The molecule has 0 aliphatic carbocycles. The van der Waals surface area contributed by atoms with Gasteiger partial charge in [-0.1, -0.05) is 6.92 Å². The van der Waals surface area contributed by atoms with Crippen molar-refractivity contribution in [2.45, 2.75) is 45.2 Å². The predicted molar refractivity (Wildman–Crippen MR) is 57.1 cm³/mol. The Kier molecular flexibility index (Phi) is 4.20. The lowest BCUT2D eigenvalue weighted by Gasteiger charge is -2.32. The van der Waals surface area contributed by atoms with Crippen LogP contribution in [0.25, 0.3) is 0 Å². The van der Waals surface area contributed by atoms with E-state index in [-0.39, 0.29) is 6.03 Å². The summed E-state index contributed by atoms with van der Waals surface area (Å²) in [7, 11) is 0. The summed E-state index contributed by atoms with van der Waals surface area (Å²) in [6, 6.07) is 0.840. The van der Waals surface area contributed by atoms with E-state index >= 15 is 0 Å². The smallest absolute Gasteiger partial charge is 0.314 e. The van der Waals surface area contributed by atoms with Crippen molar-refractivity contribution in [2.24, 2.45) is 5.73 Å². The van der Waals surface area contributed by atoms with Gasteiger partial charge in [-0.2, -0.15) is 0 Å². The van der Waals surface area contributed by atoms with E-state index in [1.807, 2.05) is 0 Å². The largest absolute Gasteiger partial charge is 0.351 e. The molecule has 0 spiro atoms. The summed E-state index contributed by atoms with van der Waals surface area (Å²) in [5.41, 5.74) is 5.21. The lowest BCUT2D eigenvalue weighted by molar-refractivity contribution is 0.182. The first-order valence-electron chi connectivity index (χ1n) is 5.44. The second-order valence-corrected chi connectivity index (χ2v) is 4.08. The number of rotatable bonds is 3. The molecule has 1 saturated heterocycles. The number of primary amides is 1. The Labute approximate surface area is 85.8 Å². The third-order valence-corrected chi connectivity index (χ3v) is 2.94. The molecule has 1 atom stereocenters. The van der Waals surface area contributed by atoms with Gasteiger partial charge in [-0.25, -0.2) is 4.79 Å². The topological polar surface area (TPSA) is 58.4 Å². The number of nitrogens with one attached hydrogen (secondary N) is 1. The second kappa shape index (κ2) is 5.20. The van der Waals surface area contributed by atoms with Crippen molar-refractivity contribution in [1.82, 2.24) is 10.2 Å². The molecule has 0 aromatic rings. The lowest BCUT2D eigenvalue weighted by atomic mass is 10.0. The molecule has 14 heavy (non-hydrogen) atoms. The molecule has 4 heteroatoms. The minimum absolute atomic E-state index is 0.285. The summed E-state index contributed by atoms with van der Waals surface area (Å²) in [5, 5.41) is 3.55. The molecule has 1 aliphatic heterocycles. The standard InChI is InChI=1S/C10H21N3O/c1-3-8(2)12-9-4-6-13(7-5-9)10(11)14/h8-9,12H,3-7H2,1-2H3,(H2,11,14). The van der Waals surface area contributed by atoms with E-state index in [0.717, 1.165) is 32.4 Å². The molecule has 82 valence electrons. The van der Waals surface area contributed by atoms with Gasteiger partial charge in [0, 0.05) is 25.2 Å². The molecule has 0 aromatic carbocycles. The number of piperidine rings is 1. The average Bonchev–Trinajstić information content (AvgIpc) is 2.18. The highest BCUT2D eigenvalue weighted by Crippen LogP contribution is 2.10. The molecule has 1 heterocycles. The van der Waals surface area contributed by atoms with Crippen LogP contribution in [-0.4, -0.2) is 36.1 Å². The van der Waals surface area contributed by atoms with Crippen molar-refractivity contribution in [3.8, 4) is 0 Å². The number of carbonyl (C=O) groups excluding carboxylic acids is 1. The Bertz CT molecular complexity index is 188. The van der Waals surface area contributed by atoms with Crippen LogP contribution in [-0.2, 0) is 0 Å². The minimum atomic E-state index is -0.285. The number of urea groups is 1. The van der Waals surface area contributed by atoms with E-state index in [9.17, 15) is 4.79 Å². The molecule has 0 radical (unpaired) electrons. The van der Waals surface area contributed by atoms with E-state index in [4.69, 9.17) is 5.73 Å². The summed E-state index contributed by atoms with van der Waals surface area (Å²) in [6.45, 7) is 5.96. The van der Waals surface area contributed by atoms with Crippen molar-refractivity contribution in [3.05, 3.63) is 0 Å². The van der Waals surface area contributed by atoms with Crippen LogP contribution >= 0.6 is 0 Å². The summed E-state index contributed by atoms with van der Waals surface area (Å²) in [4.78, 5) is 12.6. The van der Waals surface area contributed by atoms with Gasteiger partial charge in [0.25, 0.3) is 0 Å². The summed E-state index contributed by atoms with van der Waals surface area (Å²) in [6.07, 6.45) is 3.19. The molecule has 2 amide bonds. The molecular weight excluding hydrogens is 178 g/mol. The van der Waals surface area contributed by atoms with Crippen LogP contribution < -0.4 is 11.1 Å². The van der Waals surface area contributed by atoms with Gasteiger partial charge in [0.15, 0.2) is 0 Å². The average molecular weight is 199 g/mol. The Morgan fingerprint density at radius 3 is 2.57 bits per heavy atom. The Morgan fingerprint density at radius 1 is 1.57 bits per heavy atom. The number of likely N-dealkylation sites (tertiary alicyclic amines) is 1. The van der Waals surface area contributed by atoms with Crippen LogP contribution in [0.1, 0.15) is 33.1 Å². The molecule has 0 bridgehead atoms. The van der Waals surface area contributed by atoms with Crippen LogP contribution in [0.3, 0.4) is 0 Å². The molecule has 1 unspecified atom stereocenters. The fourth-order valence-corrected chi connectivity index (χ4v) is 1.79. The van der Waals surface area contributed by atoms with Gasteiger partial charge in [-0.05, 0) is 26.2 Å². The lowest BCUT2D eigenvalue weighted by Crippen LogP contribution is -2.48. The van der Waals surface area contributed by atoms with Gasteiger partial charge in [-0.15, -0.1) is 0 Å². The van der Waals surface area contributed by atoms with Crippen LogP contribution in [0, 0.1) is 0 Å². The van der Waals surface area contributed by atoms with Crippen LogP contribution in [0.2, 0.25) is 0 Å². The molecule has 0 saturated carbocycles. The Hall–Kier alpha value is -0.770. The third kappa shape index (κ3) is 3.18. The van der Waals surface area contributed by atoms with Crippen LogP contribution in [0.15, 0.2) is 0 Å². The van der Waals surface area contributed by atoms with Gasteiger partial charge < -0.3 is 16.0 Å². The summed E-state index contributed by atoms with van der Waals surface area (Å²) >= 11 is 0. The molecule has 0 aromatic heterocycles. The maximum absolute atomic E-state index is 10.9. The number of carbonyl (C=O) groups is 1. The van der Waals surface area contributed by atoms with Gasteiger partial charge in [0.05, 0.1) is 0 Å². The van der Waals surface area contributed by atoms with Gasteiger partial charge in [0.1, 0.15) is 0 Å². The molecule has 1 fully saturated rings.